The summed E-state index contributed by atoms with van der Waals surface area (Å²) in [7, 11) is -3.61. The number of hydrogen-bond acceptors (Lipinski definition) is 4. The van der Waals surface area contributed by atoms with E-state index in [1.165, 1.54) is 12.8 Å². The Morgan fingerprint density at radius 1 is 1.33 bits per heavy atom. The molecule has 2 unspecified atom stereocenters. The molecule has 2 rings (SSSR count). The number of primary sulfonamides is 1. The van der Waals surface area contributed by atoms with E-state index < -0.39 is 10.0 Å². The molecule has 6 heteroatoms. The number of hydrogen-bond donors (Lipinski definition) is 2. The number of benzene rings is 1. The smallest absolute Gasteiger partial charge is 0.238 e. The third kappa shape index (κ3) is 5.07. The molecule has 0 radical (unpaired) electrons. The molecule has 2 atom stereocenters. The molecule has 0 amide bonds. The van der Waals surface area contributed by atoms with Gasteiger partial charge in [0.2, 0.25) is 10.0 Å². The van der Waals surface area contributed by atoms with Crippen LogP contribution in [0.4, 0.5) is 0 Å². The highest BCUT2D eigenvalue weighted by Gasteiger charge is 2.14. The van der Waals surface area contributed by atoms with Gasteiger partial charge >= 0.3 is 0 Å². The van der Waals surface area contributed by atoms with Gasteiger partial charge in [-0.25, -0.2) is 13.6 Å². The van der Waals surface area contributed by atoms with Crippen molar-refractivity contribution in [1.29, 1.82) is 0 Å². The number of rotatable bonds is 6. The Hall–Kier alpha value is -0.950. The van der Waals surface area contributed by atoms with E-state index in [-0.39, 0.29) is 10.9 Å². The molecule has 0 saturated carbocycles. The number of nitrogens with one attached hydrogen (secondary N) is 1. The molecule has 1 fully saturated rings. The van der Waals surface area contributed by atoms with Gasteiger partial charge in [-0.1, -0.05) is 12.1 Å². The van der Waals surface area contributed by atoms with Crippen LogP contribution in [0.5, 0.6) is 0 Å². The Bertz CT molecular complexity index is 537. The molecular weight excluding hydrogens is 288 g/mol. The minimum atomic E-state index is -3.61. The van der Waals surface area contributed by atoms with Crippen molar-refractivity contribution in [2.45, 2.75) is 49.6 Å². The van der Waals surface area contributed by atoms with Gasteiger partial charge in [0.1, 0.15) is 0 Å². The highest BCUT2D eigenvalue weighted by Crippen LogP contribution is 2.17. The molecule has 1 aromatic carbocycles. The Morgan fingerprint density at radius 2 is 2.05 bits per heavy atom. The van der Waals surface area contributed by atoms with Crippen LogP contribution < -0.4 is 10.5 Å². The molecule has 0 bridgehead atoms. The molecule has 21 heavy (non-hydrogen) atoms. The number of ether oxygens (including phenoxy) is 1. The lowest BCUT2D eigenvalue weighted by Crippen LogP contribution is -2.27. The van der Waals surface area contributed by atoms with Crippen LogP contribution in [0.25, 0.3) is 0 Å². The van der Waals surface area contributed by atoms with Crippen LogP contribution >= 0.6 is 0 Å². The lowest BCUT2D eigenvalue weighted by molar-refractivity contribution is 0.0112. The van der Waals surface area contributed by atoms with Crippen molar-refractivity contribution in [1.82, 2.24) is 5.32 Å². The maximum absolute atomic E-state index is 11.2. The maximum atomic E-state index is 11.2. The van der Waals surface area contributed by atoms with Crippen molar-refractivity contribution in [2.75, 3.05) is 13.2 Å². The zero-order valence-electron chi connectivity index (χ0n) is 12.4. The van der Waals surface area contributed by atoms with Crippen LogP contribution in [0.3, 0.4) is 0 Å². The van der Waals surface area contributed by atoms with Gasteiger partial charge in [-0.05, 0) is 56.8 Å². The SMILES string of the molecule is CC(NCCC1CCCCO1)c1ccc(S(N)(=O)=O)cc1. The summed E-state index contributed by atoms with van der Waals surface area (Å²) in [6.45, 7) is 3.84. The van der Waals surface area contributed by atoms with E-state index in [2.05, 4.69) is 12.2 Å². The van der Waals surface area contributed by atoms with E-state index in [1.807, 2.05) is 0 Å². The third-order valence-electron chi connectivity index (χ3n) is 3.90. The molecule has 1 heterocycles. The molecule has 1 aliphatic heterocycles. The second-order valence-electron chi connectivity index (χ2n) is 5.57. The van der Waals surface area contributed by atoms with Crippen molar-refractivity contribution < 1.29 is 13.2 Å². The van der Waals surface area contributed by atoms with E-state index >= 15 is 0 Å². The molecule has 1 aromatic rings. The van der Waals surface area contributed by atoms with Gasteiger partial charge in [0.25, 0.3) is 0 Å². The van der Waals surface area contributed by atoms with E-state index in [4.69, 9.17) is 9.88 Å². The highest BCUT2D eigenvalue weighted by molar-refractivity contribution is 7.89. The van der Waals surface area contributed by atoms with Gasteiger partial charge in [-0.15, -0.1) is 0 Å². The fourth-order valence-electron chi connectivity index (χ4n) is 2.56. The normalized spacial score (nSPS) is 21.1. The van der Waals surface area contributed by atoms with E-state index in [0.29, 0.717) is 6.10 Å². The van der Waals surface area contributed by atoms with Gasteiger partial charge in [-0.2, -0.15) is 0 Å². The Labute approximate surface area is 126 Å². The second kappa shape index (κ2) is 7.35. The highest BCUT2D eigenvalue weighted by atomic mass is 32.2. The maximum Gasteiger partial charge on any atom is 0.238 e. The first-order chi connectivity index (χ1) is 9.97. The Kier molecular flexibility index (Phi) is 5.75. The predicted octanol–water partition coefficient (Wildman–Crippen LogP) is 1.94. The van der Waals surface area contributed by atoms with Crippen LogP contribution in [0.2, 0.25) is 0 Å². The lowest BCUT2D eigenvalue weighted by atomic mass is 10.1. The van der Waals surface area contributed by atoms with Crippen molar-refractivity contribution in [3.05, 3.63) is 29.8 Å². The average Bonchev–Trinajstić information content (AvgIpc) is 2.47. The summed E-state index contributed by atoms with van der Waals surface area (Å²) in [5.41, 5.74) is 1.05. The molecule has 0 spiro atoms. The first-order valence-electron chi connectivity index (χ1n) is 7.44. The quantitative estimate of drug-likeness (QED) is 0.841. The monoisotopic (exact) mass is 312 g/mol. The molecule has 1 aliphatic rings. The second-order valence-corrected chi connectivity index (χ2v) is 7.13. The topological polar surface area (TPSA) is 81.4 Å². The number of sulfonamides is 1. The van der Waals surface area contributed by atoms with E-state index in [0.717, 1.165) is 31.6 Å². The fraction of sp³-hybridized carbons (Fsp3) is 0.600. The van der Waals surface area contributed by atoms with Crippen molar-refractivity contribution in [3.63, 3.8) is 0 Å². The van der Waals surface area contributed by atoms with Gasteiger partial charge in [-0.3, -0.25) is 0 Å². The fourth-order valence-corrected chi connectivity index (χ4v) is 3.08. The lowest BCUT2D eigenvalue weighted by Gasteiger charge is -2.23. The largest absolute Gasteiger partial charge is 0.378 e. The first kappa shape index (κ1) is 16.4. The molecule has 118 valence electrons. The van der Waals surface area contributed by atoms with Crippen LogP contribution in [-0.4, -0.2) is 27.7 Å². The average molecular weight is 312 g/mol. The molecule has 1 saturated heterocycles. The zero-order chi connectivity index (χ0) is 15.3. The van der Waals surface area contributed by atoms with Crippen LogP contribution in [0.15, 0.2) is 29.2 Å². The summed E-state index contributed by atoms with van der Waals surface area (Å²) in [6, 6.07) is 6.87. The van der Waals surface area contributed by atoms with Crippen LogP contribution in [0, 0.1) is 0 Å². The predicted molar refractivity (Wildman–Crippen MR) is 82.4 cm³/mol. The summed E-state index contributed by atoms with van der Waals surface area (Å²) in [5, 5.41) is 8.53. The van der Waals surface area contributed by atoms with Crippen molar-refractivity contribution >= 4 is 10.0 Å². The molecule has 0 aromatic heterocycles. The van der Waals surface area contributed by atoms with Gasteiger partial charge < -0.3 is 10.1 Å². The summed E-state index contributed by atoms with van der Waals surface area (Å²) < 4.78 is 28.1. The van der Waals surface area contributed by atoms with E-state index in [9.17, 15) is 8.42 Å². The minimum absolute atomic E-state index is 0.147. The van der Waals surface area contributed by atoms with Crippen LogP contribution in [-0.2, 0) is 14.8 Å². The van der Waals surface area contributed by atoms with Gasteiger partial charge in [0, 0.05) is 12.6 Å². The Morgan fingerprint density at radius 3 is 2.62 bits per heavy atom. The standard InChI is InChI=1S/C15H24N2O3S/c1-12(17-10-9-14-4-2-3-11-20-14)13-5-7-15(8-6-13)21(16,18)19/h5-8,12,14,17H,2-4,9-11H2,1H3,(H2,16,18,19). The zero-order valence-corrected chi connectivity index (χ0v) is 13.2. The number of nitrogens with two attached hydrogens (primary N) is 1. The summed E-state index contributed by atoms with van der Waals surface area (Å²) >= 11 is 0. The van der Waals surface area contributed by atoms with Crippen molar-refractivity contribution in [3.8, 4) is 0 Å². The minimum Gasteiger partial charge on any atom is -0.378 e. The van der Waals surface area contributed by atoms with Gasteiger partial charge in [0.05, 0.1) is 11.0 Å². The first-order valence-corrected chi connectivity index (χ1v) is 8.99. The van der Waals surface area contributed by atoms with Crippen molar-refractivity contribution in [2.24, 2.45) is 5.14 Å². The molecule has 3 N–H and O–H groups in total. The molecule has 5 nitrogen and oxygen atoms in total. The van der Waals surface area contributed by atoms with Gasteiger partial charge in [0.15, 0.2) is 0 Å². The van der Waals surface area contributed by atoms with E-state index in [1.54, 1.807) is 24.3 Å². The summed E-state index contributed by atoms with van der Waals surface area (Å²) in [5.74, 6) is 0. The summed E-state index contributed by atoms with van der Waals surface area (Å²) in [4.78, 5) is 0.147. The third-order valence-corrected chi connectivity index (χ3v) is 4.83. The molecule has 0 aliphatic carbocycles. The summed E-state index contributed by atoms with van der Waals surface area (Å²) in [6.07, 6.45) is 4.98. The Balaban J connectivity index is 1.81. The molecular formula is C15H24N2O3S. The van der Waals surface area contributed by atoms with Crippen LogP contribution in [0.1, 0.15) is 44.2 Å².